The highest BCUT2D eigenvalue weighted by molar-refractivity contribution is 6.32. The minimum absolute atomic E-state index is 0.122. The number of amides is 5. The Morgan fingerprint density at radius 3 is 1.18 bits per heavy atom. The lowest BCUT2D eigenvalue weighted by Crippen LogP contribution is -2.29. The molecule has 0 saturated heterocycles. The summed E-state index contributed by atoms with van der Waals surface area (Å²) in [5.41, 5.74) is 22.8. The number of hydrogen-bond acceptors (Lipinski definition) is 22. The Labute approximate surface area is 755 Å². The van der Waals surface area contributed by atoms with Gasteiger partial charge in [-0.2, -0.15) is 13.2 Å². The zero-order chi connectivity index (χ0) is 92.3. The number of nitrogens with one attached hydrogen (secondary N) is 7. The molecule has 0 saturated carbocycles. The minimum Gasteiger partial charge on any atom is -0.453 e. The first-order chi connectivity index (χ1) is 62.6. The second-order valence-electron chi connectivity index (χ2n) is 31.8. The van der Waals surface area contributed by atoms with Crippen molar-refractivity contribution < 1.29 is 65.6 Å². The normalized spacial score (nSPS) is 13.7. The van der Waals surface area contributed by atoms with Gasteiger partial charge in [0.2, 0.25) is 5.91 Å². The zero-order valence-electron chi connectivity index (χ0n) is 74.1. The molecule has 18 rings (SSSR count). The third-order valence-corrected chi connectivity index (χ3v) is 23.3. The molecule has 12 heterocycles. The van der Waals surface area contributed by atoms with Gasteiger partial charge in [-0.05, 0) is 165 Å². The Kier molecular flexibility index (Phi) is 31.0. The lowest BCUT2D eigenvalue weighted by molar-refractivity contribution is -0.206. The number of fused-ring (bicyclic) bond motifs is 6. The van der Waals surface area contributed by atoms with Crippen molar-refractivity contribution in [2.45, 2.75) is 130 Å². The molecular weight excluding hydrogens is 1700 g/mol. The van der Waals surface area contributed by atoms with Gasteiger partial charge < -0.3 is 88.3 Å². The van der Waals surface area contributed by atoms with E-state index in [0.29, 0.717) is 36.8 Å². The molecule has 6 aliphatic rings. The molecule has 0 spiro atoms. The van der Waals surface area contributed by atoms with Crippen molar-refractivity contribution >= 4 is 104 Å². The molecule has 6 aromatic heterocycles. The fourth-order valence-corrected chi connectivity index (χ4v) is 16.3. The molecule has 0 aliphatic carbocycles. The first-order valence-electron chi connectivity index (χ1n) is 42.7. The number of aromatic nitrogens is 12. The number of imidazole rings is 6. The molecule has 8 N–H and O–H groups in total. The van der Waals surface area contributed by atoms with Crippen molar-refractivity contribution in [1.82, 2.24) is 59.8 Å². The van der Waals surface area contributed by atoms with Crippen LogP contribution in [-0.4, -0.2) is 196 Å². The molecular formula is C92H108ClF4N23O10. The molecule has 6 aromatic carbocycles. The molecule has 33 nitrogen and oxygen atoms in total. The summed E-state index contributed by atoms with van der Waals surface area (Å²) >= 11 is 6.39. The number of aliphatic hydroxyl groups is 1. The number of carbonyl (C=O) groups excluding carboxylic acids is 5. The number of carbonyl (C=O) groups is 5. The average Bonchev–Trinajstić information content (AvgIpc) is 1.71. The molecule has 130 heavy (non-hydrogen) atoms. The van der Waals surface area contributed by atoms with Gasteiger partial charge in [-0.3, -0.25) is 24.8 Å². The fraction of sp³-hybridized carbons (Fsp3) is 0.359. The van der Waals surface area contributed by atoms with E-state index in [9.17, 15) is 46.6 Å². The first kappa shape index (κ1) is 93.5. The second-order valence-corrected chi connectivity index (χ2v) is 32.3. The number of ether oxygens (including phenoxy) is 4. The third-order valence-electron chi connectivity index (χ3n) is 22.9. The van der Waals surface area contributed by atoms with Crippen molar-refractivity contribution in [3.8, 4) is 0 Å². The Morgan fingerprint density at radius 1 is 0.454 bits per heavy atom. The van der Waals surface area contributed by atoms with Crippen molar-refractivity contribution in [2.24, 2.45) is 0 Å². The number of nitrogens with zero attached hydrogens (tertiary/aromatic N) is 16. The maximum absolute atomic E-state index is 13.9. The highest BCUT2D eigenvalue weighted by Crippen LogP contribution is 2.42. The number of rotatable bonds is 21. The Morgan fingerprint density at radius 2 is 0.808 bits per heavy atom. The lowest BCUT2D eigenvalue weighted by atomic mass is 10.0. The van der Waals surface area contributed by atoms with Crippen LogP contribution in [0.3, 0.4) is 0 Å². The SMILES string of the molecule is CC(C)OC(=O)N(C)c1ccc2c(c1)N(Cc1cnc[nH]1)CC2.CCC(=O)N(C)c1ccc2c(c1)N(Cc1cnc[nH]1)CC2.CCOC(=O)N(C)c1ccc2c(c1)N(Cc1cnc[nH]1)CC2.COC(=O)N(C)c1cc(Cl)c2c(c1)N(Cc1cnc[nH]1)CC2.COC(=O)Nc1cc2c(cc1F)CCN2Cc1cnc[nH]1.OC(c1ccc2c(c1)N(Cc1cnc[nH]1)CC2)C(F)(F)F. The van der Waals surface area contributed by atoms with E-state index in [1.54, 1.807) is 106 Å². The number of hydrogen-bond donors (Lipinski definition) is 8. The van der Waals surface area contributed by atoms with Crippen molar-refractivity contribution in [3.63, 3.8) is 0 Å². The van der Waals surface area contributed by atoms with Crippen LogP contribution in [0.25, 0.3) is 0 Å². The predicted octanol–water partition coefficient (Wildman–Crippen LogP) is 15.6. The van der Waals surface area contributed by atoms with E-state index in [2.05, 4.69) is 131 Å². The van der Waals surface area contributed by atoms with Crippen LogP contribution in [-0.2, 0) is 102 Å². The molecule has 0 fully saturated rings. The number of aromatic amines is 6. The number of halogens is 5. The molecule has 0 radical (unpaired) electrons. The first-order valence-corrected chi connectivity index (χ1v) is 43.0. The smallest absolute Gasteiger partial charge is 0.418 e. The number of anilines is 11. The van der Waals surface area contributed by atoms with Gasteiger partial charge in [0.25, 0.3) is 0 Å². The van der Waals surface area contributed by atoms with Crippen LogP contribution in [0.4, 0.5) is 99.3 Å². The van der Waals surface area contributed by atoms with Crippen LogP contribution in [0.15, 0.2) is 172 Å². The zero-order valence-corrected chi connectivity index (χ0v) is 74.9. The van der Waals surface area contributed by atoms with Gasteiger partial charge in [0.1, 0.15) is 5.82 Å². The highest BCUT2D eigenvalue weighted by atomic mass is 35.5. The van der Waals surface area contributed by atoms with E-state index in [4.69, 9.17) is 25.8 Å². The van der Waals surface area contributed by atoms with Crippen molar-refractivity contribution in [2.75, 3.05) is 143 Å². The van der Waals surface area contributed by atoms with Gasteiger partial charge >= 0.3 is 30.5 Å². The van der Waals surface area contributed by atoms with Gasteiger partial charge in [-0.1, -0.05) is 48.9 Å². The minimum atomic E-state index is -4.65. The van der Waals surface area contributed by atoms with Crippen LogP contribution in [0.5, 0.6) is 0 Å². The van der Waals surface area contributed by atoms with Crippen LogP contribution < -0.4 is 54.3 Å². The summed E-state index contributed by atoms with van der Waals surface area (Å²) in [7, 11) is 9.57. The Balaban J connectivity index is 0.000000133. The van der Waals surface area contributed by atoms with Crippen LogP contribution >= 0.6 is 11.6 Å². The summed E-state index contributed by atoms with van der Waals surface area (Å²) in [4.78, 5) is 121. The number of H-pyrrole nitrogens is 6. The van der Waals surface area contributed by atoms with E-state index >= 15 is 0 Å². The fourth-order valence-electron chi connectivity index (χ4n) is 16.0. The van der Waals surface area contributed by atoms with Crippen molar-refractivity contribution in [3.05, 3.63) is 256 Å². The molecule has 0 bridgehead atoms. The van der Waals surface area contributed by atoms with Crippen LogP contribution in [0, 0.1) is 5.82 Å². The maximum Gasteiger partial charge on any atom is 0.418 e. The van der Waals surface area contributed by atoms with E-state index in [1.807, 2.05) is 81.8 Å². The topological polar surface area (TPSA) is 359 Å². The second kappa shape index (κ2) is 43.1. The molecule has 38 heteroatoms. The van der Waals surface area contributed by atoms with E-state index in [1.165, 1.54) is 76.0 Å². The molecule has 6 aliphatic heterocycles. The molecule has 12 aromatic rings. The number of aliphatic hydroxyl groups excluding tert-OH is 1. The highest BCUT2D eigenvalue weighted by Gasteiger charge is 2.40. The molecule has 5 amide bonds. The van der Waals surface area contributed by atoms with Crippen LogP contribution in [0.1, 0.15) is 113 Å². The van der Waals surface area contributed by atoms with Gasteiger partial charge in [0.05, 0.1) is 150 Å². The summed E-state index contributed by atoms with van der Waals surface area (Å²) in [5, 5.41) is 12.4. The monoisotopic (exact) mass is 1810 g/mol. The van der Waals surface area contributed by atoms with Gasteiger partial charge in [-0.15, -0.1) is 0 Å². The number of benzene rings is 6. The molecule has 1 unspecified atom stereocenters. The summed E-state index contributed by atoms with van der Waals surface area (Å²) in [6, 6.07) is 29.8. The Bertz CT molecular complexity index is 5750. The van der Waals surface area contributed by atoms with E-state index in [-0.39, 0.29) is 35.4 Å². The number of alkyl halides is 3. The lowest BCUT2D eigenvalue weighted by Gasteiger charge is -2.22. The molecule has 686 valence electrons. The number of methoxy groups -OCH3 is 2. The summed E-state index contributed by atoms with van der Waals surface area (Å²) in [5.74, 6) is -0.324. The quantitative estimate of drug-likeness (QED) is 0.0245. The Hall–Kier alpha value is -14.1. The van der Waals surface area contributed by atoms with Gasteiger partial charge in [0, 0.05) is 167 Å². The maximum atomic E-state index is 13.9. The average molecular weight is 1810 g/mol. The predicted molar refractivity (Wildman–Crippen MR) is 491 cm³/mol. The van der Waals surface area contributed by atoms with Gasteiger partial charge in [0.15, 0.2) is 6.10 Å². The summed E-state index contributed by atoms with van der Waals surface area (Å²) in [6.07, 6.45) is 17.8. The van der Waals surface area contributed by atoms with Crippen LogP contribution in [0.2, 0.25) is 5.02 Å². The third kappa shape index (κ3) is 23.4. The standard InChI is InChI=1S/C17H22N4O2.C16H20N4O2.C16H20N4O.C15H17ClN4O2.C14H14F3N3O.C14H15FN4O2/c1-12(2)23-17(22)20(3)15-5-4-13-6-7-21(16(13)8-15)10-14-9-18-11-19-14;1-3-22-16(21)19(2)14-5-4-12-6-7-20(15(12)8-14)10-13-9-17-11-18-13;1-3-16(21)19(2)14-5-4-12-6-7-20(15(12)8-14)10-13-9-17-11-18-13;1-19(15(21)22-2)11-5-13(16)12-3-4-20(14(12)6-11)8-10-7-17-9-18-10;15-14(16,17)13(21)10-2-1-9-3-4-20(12(9)5-10)7-11-6-18-8-19-11;1-21-14(20)18-12-5-13-9(4-11(12)15)2-3-19(13)7-10-6-16-8-17-10/h4-5,8-9,11-12H,6-7,10H2,1-3H3,(H,18,19);4-5,8-9,11H,3,6-7,10H2,1-2H3,(H,17,18);4-5,8-9,11H,3,6-7,10H2,1-2H3,(H,17,18);5-7,9H,3-4,8H2,1-2H3,(H,17,18);1-2,5-6,8,13,21H,3-4,7H2,(H,18,19);4-6,8H,2-3,7H2,1H3,(H,16,17)(H,18,20). The summed E-state index contributed by atoms with van der Waals surface area (Å²) in [6.45, 7) is 17.5. The van der Waals surface area contributed by atoms with Crippen molar-refractivity contribution in [1.29, 1.82) is 0 Å². The van der Waals surface area contributed by atoms with E-state index in [0.717, 1.165) is 189 Å². The van der Waals surface area contributed by atoms with Gasteiger partial charge in [-0.25, -0.2) is 53.5 Å². The summed E-state index contributed by atoms with van der Waals surface area (Å²) < 4.78 is 71.3. The largest absolute Gasteiger partial charge is 0.453 e. The van der Waals surface area contributed by atoms with E-state index < -0.39 is 30.3 Å². The molecule has 1 atom stereocenters.